The first kappa shape index (κ1) is 10.7. The quantitative estimate of drug-likeness (QED) is 0.606. The van der Waals surface area contributed by atoms with Crippen molar-refractivity contribution in [3.8, 4) is 5.75 Å². The minimum Gasteiger partial charge on any atom is -0.491 e. The van der Waals surface area contributed by atoms with Gasteiger partial charge < -0.3 is 20.7 Å². The molecule has 0 aliphatic carbocycles. The highest BCUT2D eigenvalue weighted by atomic mass is 19.1. The van der Waals surface area contributed by atoms with Crippen molar-refractivity contribution in [1.29, 1.82) is 0 Å². The highest BCUT2D eigenvalue weighted by Crippen LogP contribution is 2.17. The van der Waals surface area contributed by atoms with E-state index in [0.717, 1.165) is 6.07 Å². The predicted octanol–water partition coefficient (Wildman–Crippen LogP) is 0.140. The van der Waals surface area contributed by atoms with E-state index in [1.807, 2.05) is 0 Å². The molecule has 78 valence electrons. The molecule has 0 heterocycles. The molecule has 1 aromatic rings. The van der Waals surface area contributed by atoms with E-state index in [-0.39, 0.29) is 18.0 Å². The summed E-state index contributed by atoms with van der Waals surface area (Å²) in [6, 6.07) is 3.98. The first-order valence-electron chi connectivity index (χ1n) is 4.10. The van der Waals surface area contributed by atoms with Crippen LogP contribution in [0.5, 0.6) is 5.75 Å². The molecule has 0 aliphatic heterocycles. The molecule has 0 fully saturated rings. The van der Waals surface area contributed by atoms with Crippen LogP contribution in [0.3, 0.4) is 0 Å². The van der Waals surface area contributed by atoms with Gasteiger partial charge in [-0.05, 0) is 12.1 Å². The topological polar surface area (TPSA) is 75.7 Å². The summed E-state index contributed by atoms with van der Waals surface area (Å²) in [7, 11) is 0. The monoisotopic (exact) mass is 201 g/mol. The summed E-state index contributed by atoms with van der Waals surface area (Å²) in [6.45, 7) is -0.475. The SMILES string of the molecule is Nc1ccc(OCC(O)CO)cc1F. The Morgan fingerprint density at radius 3 is 2.79 bits per heavy atom. The van der Waals surface area contributed by atoms with E-state index in [2.05, 4.69) is 0 Å². The standard InChI is InChI=1S/C9H12FNO3/c10-8-3-7(1-2-9(8)11)14-5-6(13)4-12/h1-3,6,12-13H,4-5,11H2. The number of aliphatic hydroxyl groups excluding tert-OH is 2. The molecule has 0 saturated carbocycles. The number of hydrogen-bond acceptors (Lipinski definition) is 4. The van der Waals surface area contributed by atoms with E-state index in [4.69, 9.17) is 20.7 Å². The van der Waals surface area contributed by atoms with Crippen LogP contribution in [-0.4, -0.2) is 29.5 Å². The lowest BCUT2D eigenvalue weighted by atomic mass is 10.3. The molecule has 0 spiro atoms. The van der Waals surface area contributed by atoms with Gasteiger partial charge in [-0.1, -0.05) is 0 Å². The smallest absolute Gasteiger partial charge is 0.149 e. The summed E-state index contributed by atoms with van der Waals surface area (Å²) < 4.78 is 17.9. The summed E-state index contributed by atoms with van der Waals surface area (Å²) in [5.74, 6) is -0.301. The van der Waals surface area contributed by atoms with Crippen LogP contribution in [0, 0.1) is 5.82 Å². The molecule has 1 rings (SSSR count). The van der Waals surface area contributed by atoms with Crippen molar-refractivity contribution in [2.24, 2.45) is 0 Å². The van der Waals surface area contributed by atoms with Crippen molar-refractivity contribution in [1.82, 2.24) is 0 Å². The van der Waals surface area contributed by atoms with Crippen molar-refractivity contribution < 1.29 is 19.3 Å². The van der Waals surface area contributed by atoms with E-state index >= 15 is 0 Å². The molecule has 0 aromatic heterocycles. The molecule has 1 unspecified atom stereocenters. The number of aliphatic hydroxyl groups is 2. The molecule has 0 bridgehead atoms. The first-order chi connectivity index (χ1) is 6.63. The number of anilines is 1. The lowest BCUT2D eigenvalue weighted by molar-refractivity contribution is 0.0535. The molecule has 1 atom stereocenters. The average Bonchev–Trinajstić information content (AvgIpc) is 2.19. The van der Waals surface area contributed by atoms with Gasteiger partial charge in [-0.25, -0.2) is 4.39 Å². The van der Waals surface area contributed by atoms with Gasteiger partial charge >= 0.3 is 0 Å². The Kier molecular flexibility index (Phi) is 3.67. The van der Waals surface area contributed by atoms with Gasteiger partial charge in [0.15, 0.2) is 0 Å². The van der Waals surface area contributed by atoms with Crippen LogP contribution in [0.15, 0.2) is 18.2 Å². The van der Waals surface area contributed by atoms with Crippen LogP contribution in [-0.2, 0) is 0 Å². The molecule has 4 N–H and O–H groups in total. The van der Waals surface area contributed by atoms with Gasteiger partial charge in [0.25, 0.3) is 0 Å². The summed E-state index contributed by atoms with van der Waals surface area (Å²) in [6.07, 6.45) is -0.962. The Balaban J connectivity index is 2.55. The van der Waals surface area contributed by atoms with Crippen molar-refractivity contribution in [3.63, 3.8) is 0 Å². The van der Waals surface area contributed by atoms with E-state index in [1.165, 1.54) is 12.1 Å². The van der Waals surface area contributed by atoms with Gasteiger partial charge in [0.05, 0.1) is 12.3 Å². The fourth-order valence-electron chi connectivity index (χ4n) is 0.843. The zero-order valence-corrected chi connectivity index (χ0v) is 7.48. The highest BCUT2D eigenvalue weighted by molar-refractivity contribution is 5.43. The van der Waals surface area contributed by atoms with Gasteiger partial charge in [0, 0.05) is 6.07 Å². The van der Waals surface area contributed by atoms with Gasteiger partial charge in [-0.15, -0.1) is 0 Å². The lowest BCUT2D eigenvalue weighted by Gasteiger charge is -2.09. The largest absolute Gasteiger partial charge is 0.491 e. The summed E-state index contributed by atoms with van der Waals surface area (Å²) in [5.41, 5.74) is 5.29. The maximum Gasteiger partial charge on any atom is 0.149 e. The molecule has 1 aromatic carbocycles. The molecule has 0 saturated heterocycles. The highest BCUT2D eigenvalue weighted by Gasteiger charge is 2.04. The molecular weight excluding hydrogens is 189 g/mol. The number of rotatable bonds is 4. The van der Waals surface area contributed by atoms with Crippen LogP contribution in [0.25, 0.3) is 0 Å². The van der Waals surface area contributed by atoms with Gasteiger partial charge in [0.1, 0.15) is 24.3 Å². The number of nitrogens with two attached hydrogens (primary N) is 1. The maximum absolute atomic E-state index is 12.9. The van der Waals surface area contributed by atoms with Gasteiger partial charge in [0.2, 0.25) is 0 Å². The number of benzene rings is 1. The summed E-state index contributed by atoms with van der Waals surface area (Å²) in [4.78, 5) is 0. The molecular formula is C9H12FNO3. The molecule has 0 radical (unpaired) electrons. The van der Waals surface area contributed by atoms with E-state index in [9.17, 15) is 4.39 Å². The average molecular weight is 201 g/mol. The van der Waals surface area contributed by atoms with E-state index in [1.54, 1.807) is 0 Å². The second-order valence-electron chi connectivity index (χ2n) is 2.83. The Bertz CT molecular complexity index is 306. The van der Waals surface area contributed by atoms with Crippen LogP contribution >= 0.6 is 0 Å². The van der Waals surface area contributed by atoms with Gasteiger partial charge in [-0.2, -0.15) is 0 Å². The fourth-order valence-corrected chi connectivity index (χ4v) is 0.843. The Labute approximate surface area is 80.7 Å². The normalized spacial score (nSPS) is 12.5. The van der Waals surface area contributed by atoms with Crippen LogP contribution in [0.4, 0.5) is 10.1 Å². The second kappa shape index (κ2) is 4.78. The van der Waals surface area contributed by atoms with Crippen molar-refractivity contribution in [2.45, 2.75) is 6.10 Å². The van der Waals surface area contributed by atoms with E-state index in [0.29, 0.717) is 0 Å². The van der Waals surface area contributed by atoms with Crippen LogP contribution in [0.2, 0.25) is 0 Å². The minimum absolute atomic E-state index is 0.0417. The van der Waals surface area contributed by atoms with Crippen molar-refractivity contribution >= 4 is 5.69 Å². The molecule has 0 amide bonds. The molecule has 14 heavy (non-hydrogen) atoms. The first-order valence-corrected chi connectivity index (χ1v) is 4.10. The number of hydrogen-bond donors (Lipinski definition) is 3. The zero-order chi connectivity index (χ0) is 10.6. The Morgan fingerprint density at radius 1 is 1.50 bits per heavy atom. The Morgan fingerprint density at radius 2 is 2.21 bits per heavy atom. The third kappa shape index (κ3) is 2.86. The predicted molar refractivity (Wildman–Crippen MR) is 49.4 cm³/mol. The second-order valence-corrected chi connectivity index (χ2v) is 2.83. The Hall–Kier alpha value is -1.33. The van der Waals surface area contributed by atoms with Crippen LogP contribution < -0.4 is 10.5 Å². The minimum atomic E-state index is -0.962. The number of ether oxygens (including phenoxy) is 1. The van der Waals surface area contributed by atoms with E-state index < -0.39 is 18.5 Å². The lowest BCUT2D eigenvalue weighted by Crippen LogP contribution is -2.21. The third-order valence-corrected chi connectivity index (χ3v) is 1.63. The summed E-state index contributed by atoms with van der Waals surface area (Å²) >= 11 is 0. The van der Waals surface area contributed by atoms with Crippen LogP contribution in [0.1, 0.15) is 0 Å². The fraction of sp³-hybridized carbons (Fsp3) is 0.333. The third-order valence-electron chi connectivity index (χ3n) is 1.63. The zero-order valence-electron chi connectivity index (χ0n) is 7.48. The number of halogens is 1. The van der Waals surface area contributed by atoms with Crippen molar-refractivity contribution in [3.05, 3.63) is 24.0 Å². The molecule has 0 aliphatic rings. The summed E-state index contributed by atoms with van der Waals surface area (Å²) in [5, 5.41) is 17.4. The maximum atomic E-state index is 12.9. The molecule has 4 nitrogen and oxygen atoms in total. The molecule has 5 heteroatoms. The van der Waals surface area contributed by atoms with Gasteiger partial charge in [-0.3, -0.25) is 0 Å². The number of nitrogen functional groups attached to an aromatic ring is 1. The van der Waals surface area contributed by atoms with Crippen molar-refractivity contribution in [2.75, 3.05) is 18.9 Å².